The molecule has 0 unspecified atom stereocenters. The first-order valence-corrected chi connectivity index (χ1v) is 5.49. The van der Waals surface area contributed by atoms with Crippen LogP contribution in [-0.2, 0) is 11.2 Å². The highest BCUT2D eigenvalue weighted by atomic mass is 16.5. The van der Waals surface area contributed by atoms with E-state index in [1.54, 1.807) is 0 Å². The van der Waals surface area contributed by atoms with Gasteiger partial charge in [-0.05, 0) is 24.1 Å². The van der Waals surface area contributed by atoms with Crippen molar-refractivity contribution in [3.63, 3.8) is 0 Å². The number of rotatable bonds is 3. The van der Waals surface area contributed by atoms with E-state index in [1.165, 1.54) is 17.5 Å². The van der Waals surface area contributed by atoms with E-state index in [1.807, 2.05) is 12.2 Å². The third kappa shape index (κ3) is 2.30. The van der Waals surface area contributed by atoms with Gasteiger partial charge in [0.1, 0.15) is 12.4 Å². The fourth-order valence-electron chi connectivity index (χ4n) is 1.81. The maximum atomic E-state index is 5.63. The van der Waals surface area contributed by atoms with Gasteiger partial charge in [-0.15, -0.1) is 0 Å². The van der Waals surface area contributed by atoms with Crippen LogP contribution in [0.15, 0.2) is 42.5 Å². The van der Waals surface area contributed by atoms with Gasteiger partial charge in [-0.25, -0.2) is 0 Å². The Labute approximate surface area is 91.1 Å². The van der Waals surface area contributed by atoms with Crippen molar-refractivity contribution < 1.29 is 4.74 Å². The average Bonchev–Trinajstić information content (AvgIpc) is 2.31. The molecule has 1 aromatic rings. The van der Waals surface area contributed by atoms with Gasteiger partial charge in [0.25, 0.3) is 0 Å². The highest BCUT2D eigenvalue weighted by Gasteiger charge is 2.08. The summed E-state index contributed by atoms with van der Waals surface area (Å²) in [5, 5.41) is 0. The molecular formula is C14H16O. The number of ether oxygens (including phenoxy) is 1. The molecule has 1 aliphatic heterocycles. The SMILES string of the molecule is CCCc1ccccc1C1=CC=CCO1. The maximum Gasteiger partial charge on any atom is 0.127 e. The highest BCUT2D eigenvalue weighted by molar-refractivity contribution is 5.65. The third-order valence-electron chi connectivity index (χ3n) is 2.52. The molecule has 0 saturated heterocycles. The summed E-state index contributed by atoms with van der Waals surface area (Å²) in [7, 11) is 0. The zero-order valence-electron chi connectivity index (χ0n) is 9.07. The van der Waals surface area contributed by atoms with E-state index < -0.39 is 0 Å². The molecule has 0 radical (unpaired) electrons. The quantitative estimate of drug-likeness (QED) is 0.724. The van der Waals surface area contributed by atoms with Gasteiger partial charge in [0.2, 0.25) is 0 Å². The van der Waals surface area contributed by atoms with Gasteiger partial charge in [0.15, 0.2) is 0 Å². The highest BCUT2D eigenvalue weighted by Crippen LogP contribution is 2.23. The van der Waals surface area contributed by atoms with Crippen molar-refractivity contribution in [2.75, 3.05) is 6.61 Å². The second-order valence-corrected chi connectivity index (χ2v) is 3.68. The molecule has 1 heterocycles. The zero-order chi connectivity index (χ0) is 10.5. The summed E-state index contributed by atoms with van der Waals surface area (Å²) in [6.45, 7) is 2.89. The predicted molar refractivity (Wildman–Crippen MR) is 63.5 cm³/mol. The van der Waals surface area contributed by atoms with Crippen molar-refractivity contribution in [1.82, 2.24) is 0 Å². The predicted octanol–water partition coefficient (Wildman–Crippen LogP) is 3.57. The van der Waals surface area contributed by atoms with Crippen molar-refractivity contribution in [2.24, 2.45) is 0 Å². The molecule has 1 aromatic carbocycles. The van der Waals surface area contributed by atoms with Crippen LogP contribution in [0.2, 0.25) is 0 Å². The normalized spacial score (nSPS) is 14.6. The molecule has 2 rings (SSSR count). The van der Waals surface area contributed by atoms with Gasteiger partial charge < -0.3 is 4.74 Å². The molecule has 0 spiro atoms. The maximum absolute atomic E-state index is 5.63. The van der Waals surface area contributed by atoms with E-state index in [0.29, 0.717) is 6.61 Å². The number of allylic oxidation sites excluding steroid dienone is 2. The molecule has 0 bridgehead atoms. The standard InChI is InChI=1S/C14H16O/c1-2-7-12-8-3-4-9-13(12)14-10-5-6-11-15-14/h3-6,8-10H,2,7,11H2,1H3. The van der Waals surface area contributed by atoms with Crippen LogP contribution in [0.25, 0.3) is 5.76 Å². The van der Waals surface area contributed by atoms with Crippen molar-refractivity contribution in [1.29, 1.82) is 0 Å². The van der Waals surface area contributed by atoms with Crippen molar-refractivity contribution >= 4 is 5.76 Å². The Kier molecular flexibility index (Phi) is 3.23. The molecule has 0 atom stereocenters. The van der Waals surface area contributed by atoms with E-state index >= 15 is 0 Å². The summed E-state index contributed by atoms with van der Waals surface area (Å²) in [6, 6.07) is 8.47. The summed E-state index contributed by atoms with van der Waals surface area (Å²) in [6.07, 6.45) is 8.40. The first-order chi connectivity index (χ1) is 7.42. The minimum Gasteiger partial charge on any atom is -0.489 e. The summed E-state index contributed by atoms with van der Waals surface area (Å²) in [5.74, 6) is 1.00. The number of benzene rings is 1. The Morgan fingerprint density at radius 3 is 2.87 bits per heavy atom. The van der Waals surface area contributed by atoms with E-state index in [2.05, 4.69) is 37.3 Å². The van der Waals surface area contributed by atoms with Crippen molar-refractivity contribution in [3.8, 4) is 0 Å². The molecule has 0 aromatic heterocycles. The van der Waals surface area contributed by atoms with Crippen molar-refractivity contribution in [2.45, 2.75) is 19.8 Å². The summed E-state index contributed by atoms with van der Waals surface area (Å²) in [4.78, 5) is 0. The second-order valence-electron chi connectivity index (χ2n) is 3.68. The fraction of sp³-hybridized carbons (Fsp3) is 0.286. The summed E-state index contributed by atoms with van der Waals surface area (Å²) < 4.78 is 5.63. The molecule has 0 amide bonds. The van der Waals surface area contributed by atoms with E-state index in [4.69, 9.17) is 4.74 Å². The molecular weight excluding hydrogens is 184 g/mol. The van der Waals surface area contributed by atoms with Crippen LogP contribution < -0.4 is 0 Å². The Morgan fingerprint density at radius 1 is 1.27 bits per heavy atom. The summed E-state index contributed by atoms with van der Waals surface area (Å²) in [5.41, 5.74) is 2.62. The lowest BCUT2D eigenvalue weighted by atomic mass is 10.0. The number of hydrogen-bond acceptors (Lipinski definition) is 1. The van der Waals surface area contributed by atoms with Crippen LogP contribution in [0.1, 0.15) is 24.5 Å². The van der Waals surface area contributed by atoms with Gasteiger partial charge >= 0.3 is 0 Å². The van der Waals surface area contributed by atoms with E-state index in [0.717, 1.165) is 12.2 Å². The average molecular weight is 200 g/mol. The van der Waals surface area contributed by atoms with E-state index in [-0.39, 0.29) is 0 Å². The number of aryl methyl sites for hydroxylation is 1. The lowest BCUT2D eigenvalue weighted by Gasteiger charge is -2.14. The van der Waals surface area contributed by atoms with E-state index in [9.17, 15) is 0 Å². The van der Waals surface area contributed by atoms with Crippen LogP contribution in [0.3, 0.4) is 0 Å². The Balaban J connectivity index is 2.33. The van der Waals surface area contributed by atoms with Crippen LogP contribution >= 0.6 is 0 Å². The lowest BCUT2D eigenvalue weighted by molar-refractivity contribution is 0.315. The Hall–Kier alpha value is -1.50. The van der Waals surface area contributed by atoms with Crippen LogP contribution in [0.5, 0.6) is 0 Å². The van der Waals surface area contributed by atoms with Gasteiger partial charge in [0.05, 0.1) is 0 Å². The molecule has 0 aliphatic carbocycles. The topological polar surface area (TPSA) is 9.23 Å². The van der Waals surface area contributed by atoms with Gasteiger partial charge in [-0.3, -0.25) is 0 Å². The first kappa shape index (κ1) is 10.0. The zero-order valence-corrected chi connectivity index (χ0v) is 9.07. The molecule has 0 saturated carbocycles. The molecule has 0 N–H and O–H groups in total. The second kappa shape index (κ2) is 4.83. The van der Waals surface area contributed by atoms with Crippen molar-refractivity contribution in [3.05, 3.63) is 53.6 Å². The molecule has 1 heteroatoms. The Bertz CT molecular complexity index is 388. The fourth-order valence-corrected chi connectivity index (χ4v) is 1.81. The van der Waals surface area contributed by atoms with Crippen LogP contribution in [0, 0.1) is 0 Å². The molecule has 1 nitrogen and oxygen atoms in total. The number of hydrogen-bond donors (Lipinski definition) is 0. The lowest BCUT2D eigenvalue weighted by Crippen LogP contribution is -1.99. The Morgan fingerprint density at radius 2 is 2.13 bits per heavy atom. The molecule has 0 fully saturated rings. The van der Waals surface area contributed by atoms with Crippen LogP contribution in [-0.4, -0.2) is 6.61 Å². The molecule has 1 aliphatic rings. The van der Waals surface area contributed by atoms with Crippen LogP contribution in [0.4, 0.5) is 0 Å². The largest absolute Gasteiger partial charge is 0.489 e. The minimum absolute atomic E-state index is 0.687. The monoisotopic (exact) mass is 200 g/mol. The first-order valence-electron chi connectivity index (χ1n) is 5.49. The molecule has 78 valence electrons. The summed E-state index contributed by atoms with van der Waals surface area (Å²) >= 11 is 0. The minimum atomic E-state index is 0.687. The molecule has 15 heavy (non-hydrogen) atoms. The van der Waals surface area contributed by atoms with Gasteiger partial charge in [-0.1, -0.05) is 43.7 Å². The van der Waals surface area contributed by atoms with Gasteiger partial charge in [0, 0.05) is 5.56 Å². The van der Waals surface area contributed by atoms with Gasteiger partial charge in [-0.2, -0.15) is 0 Å². The third-order valence-corrected chi connectivity index (χ3v) is 2.52. The smallest absolute Gasteiger partial charge is 0.127 e.